The van der Waals surface area contributed by atoms with Crippen molar-refractivity contribution in [1.29, 1.82) is 0 Å². The van der Waals surface area contributed by atoms with E-state index in [9.17, 15) is 13.2 Å². The van der Waals surface area contributed by atoms with E-state index in [0.29, 0.717) is 12.1 Å². The topological polar surface area (TPSA) is 72.9 Å². The molecular weight excluding hydrogens is 354 g/mol. The lowest BCUT2D eigenvalue weighted by Gasteiger charge is -2.17. The summed E-state index contributed by atoms with van der Waals surface area (Å²) >= 11 is 0. The van der Waals surface area contributed by atoms with Gasteiger partial charge in [0.25, 0.3) is 5.91 Å². The first-order valence-corrected chi connectivity index (χ1v) is 9.55. The van der Waals surface area contributed by atoms with E-state index in [0.717, 1.165) is 22.5 Å². The molecule has 0 saturated carbocycles. The maximum Gasteiger partial charge on any atom is 0.338 e. The van der Waals surface area contributed by atoms with Gasteiger partial charge in [0.05, 0.1) is 5.70 Å². The van der Waals surface area contributed by atoms with E-state index in [4.69, 9.17) is 9.02 Å². The number of carbonyl (C=O) groups is 1. The fourth-order valence-corrected chi connectivity index (χ4v) is 3.27. The molecule has 6 nitrogen and oxygen atoms in total. The first-order valence-electron chi connectivity index (χ1n) is 8.14. The molecule has 1 saturated heterocycles. The Bertz CT molecular complexity index is 905. The van der Waals surface area contributed by atoms with E-state index >= 15 is 0 Å². The number of benzene rings is 2. The van der Waals surface area contributed by atoms with Crippen molar-refractivity contribution in [2.24, 2.45) is 0 Å². The lowest BCUT2D eigenvalue weighted by molar-refractivity contribution is -0.172. The Morgan fingerprint density at radius 3 is 2.42 bits per heavy atom. The zero-order chi connectivity index (χ0) is 18.6. The van der Waals surface area contributed by atoms with E-state index in [1.807, 2.05) is 37.3 Å². The fraction of sp³-hybridized carbons (Fsp3) is 0.211. The molecule has 1 amide bonds. The number of rotatable bonds is 6. The molecular formula is C19H19NO5S. The summed E-state index contributed by atoms with van der Waals surface area (Å²) in [6, 6.07) is 15.7. The van der Waals surface area contributed by atoms with E-state index in [-0.39, 0.29) is 23.8 Å². The zero-order valence-corrected chi connectivity index (χ0v) is 15.1. The highest BCUT2D eigenvalue weighted by molar-refractivity contribution is 7.86. The van der Waals surface area contributed by atoms with Crippen molar-refractivity contribution in [2.45, 2.75) is 31.3 Å². The fourth-order valence-electron chi connectivity index (χ4n) is 2.45. The van der Waals surface area contributed by atoms with Crippen molar-refractivity contribution in [2.75, 3.05) is 0 Å². The summed E-state index contributed by atoms with van der Waals surface area (Å²) in [7, 11) is -3.94. The molecule has 0 spiro atoms. The number of hydrogen-bond acceptors (Lipinski definition) is 5. The van der Waals surface area contributed by atoms with Crippen LogP contribution < -0.4 is 0 Å². The molecule has 2 aromatic rings. The number of hydrogen-bond donors (Lipinski definition) is 0. The molecule has 26 heavy (non-hydrogen) atoms. The van der Waals surface area contributed by atoms with Gasteiger partial charge in [-0.15, -0.1) is 0 Å². The summed E-state index contributed by atoms with van der Waals surface area (Å²) in [5, 5.41) is 1.11. The lowest BCUT2D eigenvalue weighted by Crippen LogP contribution is -2.23. The molecule has 0 unspecified atom stereocenters. The van der Waals surface area contributed by atoms with Gasteiger partial charge in [-0.1, -0.05) is 48.0 Å². The number of allylic oxidation sites excluding steroid dienone is 1. The SMILES string of the molecule is Cc1ccc(S(=O)(=O)OC=C2CCC(=O)N2OCc2ccccc2)cc1. The van der Waals surface area contributed by atoms with Crippen LogP contribution >= 0.6 is 0 Å². The van der Waals surface area contributed by atoms with Crippen molar-refractivity contribution >= 4 is 16.0 Å². The molecule has 1 fully saturated rings. The van der Waals surface area contributed by atoms with Crippen LogP contribution in [-0.4, -0.2) is 19.4 Å². The van der Waals surface area contributed by atoms with Crippen LogP contribution in [0.5, 0.6) is 0 Å². The number of hydroxylamine groups is 2. The summed E-state index contributed by atoms with van der Waals surface area (Å²) in [6.45, 7) is 2.07. The molecule has 0 atom stereocenters. The van der Waals surface area contributed by atoms with Gasteiger partial charge in [-0.05, 0) is 24.6 Å². The second-order valence-electron chi connectivity index (χ2n) is 5.92. The zero-order valence-electron chi connectivity index (χ0n) is 14.3. The van der Waals surface area contributed by atoms with Gasteiger partial charge < -0.3 is 4.18 Å². The Kier molecular flexibility index (Phi) is 5.39. The molecule has 3 rings (SSSR count). The van der Waals surface area contributed by atoms with Crippen molar-refractivity contribution in [1.82, 2.24) is 5.06 Å². The second kappa shape index (κ2) is 7.72. The Morgan fingerprint density at radius 2 is 1.73 bits per heavy atom. The summed E-state index contributed by atoms with van der Waals surface area (Å²) in [6.07, 6.45) is 1.68. The molecule has 7 heteroatoms. The summed E-state index contributed by atoms with van der Waals surface area (Å²) in [5.41, 5.74) is 2.23. The van der Waals surface area contributed by atoms with Crippen molar-refractivity contribution < 1.29 is 22.2 Å². The molecule has 0 aromatic heterocycles. The summed E-state index contributed by atoms with van der Waals surface area (Å²) in [5.74, 6) is -0.233. The highest BCUT2D eigenvalue weighted by Gasteiger charge is 2.28. The molecule has 1 aliphatic rings. The molecule has 2 aromatic carbocycles. The van der Waals surface area contributed by atoms with Crippen LogP contribution in [0.2, 0.25) is 0 Å². The van der Waals surface area contributed by atoms with Gasteiger partial charge >= 0.3 is 10.1 Å². The van der Waals surface area contributed by atoms with Gasteiger partial charge in [0, 0.05) is 12.8 Å². The summed E-state index contributed by atoms with van der Waals surface area (Å²) < 4.78 is 29.5. The van der Waals surface area contributed by atoms with Gasteiger partial charge in [0.1, 0.15) is 17.8 Å². The monoisotopic (exact) mass is 373 g/mol. The third-order valence-corrected chi connectivity index (χ3v) is 5.11. The van der Waals surface area contributed by atoms with Crippen molar-refractivity contribution in [3.8, 4) is 0 Å². The van der Waals surface area contributed by atoms with E-state index < -0.39 is 10.1 Å². The predicted octanol–water partition coefficient (Wildman–Crippen LogP) is 3.30. The van der Waals surface area contributed by atoms with Gasteiger partial charge in [-0.3, -0.25) is 9.63 Å². The molecule has 0 radical (unpaired) electrons. The standard InChI is InChI=1S/C19H19NO5S/c1-15-7-10-18(11-8-15)26(22,23)25-14-17-9-12-19(21)20(17)24-13-16-5-3-2-4-6-16/h2-8,10-11,14H,9,12-13H2,1H3. The minimum Gasteiger partial charge on any atom is -0.385 e. The van der Waals surface area contributed by atoms with E-state index in [2.05, 4.69) is 0 Å². The average Bonchev–Trinajstić information content (AvgIpc) is 2.99. The maximum atomic E-state index is 12.3. The van der Waals surface area contributed by atoms with Crippen LogP contribution in [0.15, 0.2) is 71.5 Å². The number of carbonyl (C=O) groups excluding carboxylic acids is 1. The maximum absolute atomic E-state index is 12.3. The first kappa shape index (κ1) is 18.2. The molecule has 1 aliphatic heterocycles. The Hall–Kier alpha value is -2.64. The van der Waals surface area contributed by atoms with Crippen LogP contribution in [-0.2, 0) is 30.5 Å². The van der Waals surface area contributed by atoms with Crippen LogP contribution in [0.25, 0.3) is 0 Å². The van der Waals surface area contributed by atoms with Gasteiger partial charge in [0.2, 0.25) is 0 Å². The van der Waals surface area contributed by atoms with Crippen LogP contribution in [0.3, 0.4) is 0 Å². The van der Waals surface area contributed by atoms with Gasteiger partial charge in [0.15, 0.2) is 0 Å². The molecule has 0 N–H and O–H groups in total. The third kappa shape index (κ3) is 4.30. The molecule has 136 valence electrons. The second-order valence-corrected chi connectivity index (χ2v) is 7.49. The highest BCUT2D eigenvalue weighted by Crippen LogP contribution is 2.25. The molecule has 0 bridgehead atoms. The predicted molar refractivity (Wildman–Crippen MR) is 94.8 cm³/mol. The van der Waals surface area contributed by atoms with Crippen LogP contribution in [0, 0.1) is 6.92 Å². The van der Waals surface area contributed by atoms with E-state index in [1.54, 1.807) is 12.1 Å². The molecule has 0 aliphatic carbocycles. The smallest absolute Gasteiger partial charge is 0.338 e. The average molecular weight is 373 g/mol. The highest BCUT2D eigenvalue weighted by atomic mass is 32.2. The Labute approximate surface area is 152 Å². The van der Waals surface area contributed by atoms with Crippen LogP contribution in [0.4, 0.5) is 0 Å². The third-order valence-electron chi connectivity index (χ3n) is 3.91. The quantitative estimate of drug-likeness (QED) is 0.574. The largest absolute Gasteiger partial charge is 0.385 e. The van der Waals surface area contributed by atoms with Crippen LogP contribution in [0.1, 0.15) is 24.0 Å². The van der Waals surface area contributed by atoms with Crippen molar-refractivity contribution in [3.63, 3.8) is 0 Å². The van der Waals surface area contributed by atoms with E-state index in [1.165, 1.54) is 12.1 Å². The number of amides is 1. The van der Waals surface area contributed by atoms with Crippen molar-refractivity contribution in [3.05, 3.63) is 77.7 Å². The first-order chi connectivity index (χ1) is 12.5. The minimum atomic E-state index is -3.94. The van der Waals surface area contributed by atoms with Gasteiger partial charge in [-0.25, -0.2) is 0 Å². The van der Waals surface area contributed by atoms with Gasteiger partial charge in [-0.2, -0.15) is 13.5 Å². The lowest BCUT2D eigenvalue weighted by atomic mass is 10.2. The summed E-state index contributed by atoms with van der Waals surface area (Å²) in [4.78, 5) is 17.6. The molecule has 1 heterocycles. The number of nitrogens with zero attached hydrogens (tertiary/aromatic N) is 1. The Balaban J connectivity index is 1.70. The minimum absolute atomic E-state index is 0.0565. The number of aryl methyl sites for hydroxylation is 1. The normalized spacial score (nSPS) is 16.3. The Morgan fingerprint density at radius 1 is 1.04 bits per heavy atom.